The fraction of sp³-hybridized carbons (Fsp3) is 0.353. The third-order valence-corrected chi connectivity index (χ3v) is 6.10. The zero-order valence-electron chi connectivity index (χ0n) is 14.0. The van der Waals surface area contributed by atoms with E-state index in [2.05, 4.69) is 18.6 Å². The zero-order valence-corrected chi connectivity index (χ0v) is 15.6. The van der Waals surface area contributed by atoms with E-state index in [1.54, 1.807) is 19.1 Å². The second kappa shape index (κ2) is 7.36. The minimum atomic E-state index is -3.69. The van der Waals surface area contributed by atoms with Crippen LogP contribution in [0.1, 0.15) is 40.4 Å². The molecule has 1 amide bonds. The van der Waals surface area contributed by atoms with Crippen LogP contribution in [0.4, 0.5) is 5.69 Å². The van der Waals surface area contributed by atoms with Gasteiger partial charge in [0.2, 0.25) is 0 Å². The van der Waals surface area contributed by atoms with E-state index < -0.39 is 15.9 Å². The number of anilines is 1. The predicted molar refractivity (Wildman–Crippen MR) is 98.0 cm³/mol. The largest absolute Gasteiger partial charge is 0.365 e. The number of rotatable bonds is 7. The van der Waals surface area contributed by atoms with Crippen molar-refractivity contribution in [3.8, 4) is 0 Å². The highest BCUT2D eigenvalue weighted by Crippen LogP contribution is 2.28. The highest BCUT2D eigenvalue weighted by molar-refractivity contribution is 7.92. The SMILES string of the molecule is Cc1sc(C(N)=O)cc1NS(=O)(=O)c1ccc(CCC(C)C)cc1. The molecule has 0 aliphatic carbocycles. The van der Waals surface area contributed by atoms with Crippen molar-refractivity contribution in [2.24, 2.45) is 11.7 Å². The Labute approximate surface area is 146 Å². The van der Waals surface area contributed by atoms with Crippen LogP contribution in [-0.4, -0.2) is 14.3 Å². The molecule has 2 rings (SSSR count). The van der Waals surface area contributed by atoms with Crippen LogP contribution in [0.15, 0.2) is 35.2 Å². The van der Waals surface area contributed by atoms with E-state index >= 15 is 0 Å². The van der Waals surface area contributed by atoms with Gasteiger partial charge in [-0.25, -0.2) is 8.42 Å². The van der Waals surface area contributed by atoms with Crippen LogP contribution in [0, 0.1) is 12.8 Å². The Bertz CT molecular complexity index is 822. The van der Waals surface area contributed by atoms with Crippen LogP contribution in [0.5, 0.6) is 0 Å². The number of nitrogens with one attached hydrogen (secondary N) is 1. The number of amides is 1. The van der Waals surface area contributed by atoms with Crippen molar-refractivity contribution >= 4 is 33.0 Å². The summed E-state index contributed by atoms with van der Waals surface area (Å²) in [5.74, 6) is 0.0409. The van der Waals surface area contributed by atoms with E-state index in [0.717, 1.165) is 18.4 Å². The number of carbonyl (C=O) groups excluding carboxylic acids is 1. The molecule has 0 aliphatic rings. The molecular formula is C17H22N2O3S2. The molecule has 5 nitrogen and oxygen atoms in total. The van der Waals surface area contributed by atoms with Gasteiger partial charge in [-0.15, -0.1) is 11.3 Å². The van der Waals surface area contributed by atoms with Crippen LogP contribution >= 0.6 is 11.3 Å². The number of hydrogen-bond acceptors (Lipinski definition) is 4. The Morgan fingerprint density at radius 2 is 1.88 bits per heavy atom. The van der Waals surface area contributed by atoms with E-state index in [9.17, 15) is 13.2 Å². The van der Waals surface area contributed by atoms with E-state index in [1.807, 2.05) is 12.1 Å². The summed E-state index contributed by atoms with van der Waals surface area (Å²) in [7, 11) is -3.69. The topological polar surface area (TPSA) is 89.3 Å². The molecular weight excluding hydrogens is 344 g/mol. The number of carbonyl (C=O) groups is 1. The molecule has 3 N–H and O–H groups in total. The van der Waals surface area contributed by atoms with Crippen molar-refractivity contribution in [1.82, 2.24) is 0 Å². The van der Waals surface area contributed by atoms with E-state index in [-0.39, 0.29) is 4.90 Å². The molecule has 1 heterocycles. The van der Waals surface area contributed by atoms with E-state index in [4.69, 9.17) is 5.73 Å². The second-order valence-corrected chi connectivity index (χ2v) is 9.07. The normalized spacial score (nSPS) is 11.7. The first-order valence-corrected chi connectivity index (χ1v) is 10.0. The first-order valence-electron chi connectivity index (χ1n) is 7.71. The summed E-state index contributed by atoms with van der Waals surface area (Å²) in [6.45, 7) is 6.06. The highest BCUT2D eigenvalue weighted by Gasteiger charge is 2.18. The quantitative estimate of drug-likeness (QED) is 0.785. The summed E-state index contributed by atoms with van der Waals surface area (Å²) < 4.78 is 27.5. The van der Waals surface area contributed by atoms with Crippen LogP contribution < -0.4 is 10.5 Å². The molecule has 0 aliphatic heterocycles. The Balaban J connectivity index is 2.17. The third-order valence-electron chi connectivity index (χ3n) is 3.65. The molecule has 0 radical (unpaired) electrons. The lowest BCUT2D eigenvalue weighted by Crippen LogP contribution is -2.13. The molecule has 0 spiro atoms. The lowest BCUT2D eigenvalue weighted by Gasteiger charge is -2.09. The number of hydrogen-bond donors (Lipinski definition) is 2. The zero-order chi connectivity index (χ0) is 17.9. The Hall–Kier alpha value is -1.86. The van der Waals surface area contributed by atoms with Gasteiger partial charge in [0.15, 0.2) is 0 Å². The molecule has 0 atom stereocenters. The first kappa shape index (κ1) is 18.5. The first-order chi connectivity index (χ1) is 11.2. The molecule has 0 saturated heterocycles. The molecule has 0 saturated carbocycles. The van der Waals surface area contributed by atoms with E-state index in [0.29, 0.717) is 21.4 Å². The number of aryl methyl sites for hydroxylation is 2. The summed E-state index contributed by atoms with van der Waals surface area (Å²) in [6.07, 6.45) is 1.99. The maximum absolute atomic E-state index is 12.5. The average Bonchev–Trinajstić information content (AvgIpc) is 2.86. The van der Waals surface area contributed by atoms with Gasteiger partial charge < -0.3 is 5.73 Å². The van der Waals surface area contributed by atoms with Gasteiger partial charge in [0, 0.05) is 4.88 Å². The minimum absolute atomic E-state index is 0.196. The Kier molecular flexibility index (Phi) is 5.66. The Morgan fingerprint density at radius 3 is 2.38 bits per heavy atom. The molecule has 7 heteroatoms. The number of nitrogens with two attached hydrogens (primary N) is 1. The predicted octanol–water partition coefficient (Wildman–Crippen LogP) is 3.54. The maximum Gasteiger partial charge on any atom is 0.261 e. The molecule has 1 aromatic carbocycles. The molecule has 0 bridgehead atoms. The number of primary amides is 1. The highest BCUT2D eigenvalue weighted by atomic mass is 32.2. The molecule has 130 valence electrons. The average molecular weight is 367 g/mol. The van der Waals surface area contributed by atoms with Crippen molar-refractivity contribution < 1.29 is 13.2 Å². The third kappa shape index (κ3) is 4.58. The number of thiophene rings is 1. The minimum Gasteiger partial charge on any atom is -0.365 e. The van der Waals surface area contributed by atoms with Crippen LogP contribution in [-0.2, 0) is 16.4 Å². The lowest BCUT2D eigenvalue weighted by atomic mass is 10.0. The van der Waals surface area contributed by atoms with Gasteiger partial charge in [0.25, 0.3) is 15.9 Å². The van der Waals surface area contributed by atoms with Gasteiger partial charge in [-0.05, 0) is 49.4 Å². The van der Waals surface area contributed by atoms with Gasteiger partial charge in [-0.2, -0.15) is 0 Å². The summed E-state index contributed by atoms with van der Waals surface area (Å²) >= 11 is 1.17. The number of benzene rings is 1. The standard InChI is InChI=1S/C17H22N2O3S2/c1-11(2)4-5-13-6-8-14(9-7-13)24(21,22)19-15-10-16(17(18)20)23-12(15)3/h6-11,19H,4-5H2,1-3H3,(H2,18,20). The second-order valence-electron chi connectivity index (χ2n) is 6.13. The smallest absolute Gasteiger partial charge is 0.261 e. The summed E-state index contributed by atoms with van der Waals surface area (Å²) in [5.41, 5.74) is 6.73. The van der Waals surface area contributed by atoms with Crippen molar-refractivity contribution in [3.05, 3.63) is 45.6 Å². The van der Waals surface area contributed by atoms with Crippen molar-refractivity contribution in [2.45, 2.75) is 38.5 Å². The van der Waals surface area contributed by atoms with Crippen LogP contribution in [0.2, 0.25) is 0 Å². The monoisotopic (exact) mass is 366 g/mol. The van der Waals surface area contributed by atoms with Gasteiger partial charge in [-0.1, -0.05) is 26.0 Å². The molecule has 24 heavy (non-hydrogen) atoms. The lowest BCUT2D eigenvalue weighted by molar-refractivity contribution is 0.100. The van der Waals surface area contributed by atoms with Crippen molar-refractivity contribution in [1.29, 1.82) is 0 Å². The molecule has 0 unspecified atom stereocenters. The number of sulfonamides is 1. The molecule has 1 aromatic heterocycles. The summed E-state index contributed by atoms with van der Waals surface area (Å²) in [6, 6.07) is 8.36. The van der Waals surface area contributed by atoms with E-state index in [1.165, 1.54) is 17.4 Å². The maximum atomic E-state index is 12.5. The van der Waals surface area contributed by atoms with Crippen LogP contribution in [0.3, 0.4) is 0 Å². The van der Waals surface area contributed by atoms with Crippen molar-refractivity contribution in [2.75, 3.05) is 4.72 Å². The van der Waals surface area contributed by atoms with Gasteiger partial charge >= 0.3 is 0 Å². The molecule has 0 fully saturated rings. The Morgan fingerprint density at radius 1 is 1.25 bits per heavy atom. The fourth-order valence-corrected chi connectivity index (χ4v) is 4.20. The van der Waals surface area contributed by atoms with Gasteiger partial charge in [-0.3, -0.25) is 9.52 Å². The van der Waals surface area contributed by atoms with Crippen LogP contribution in [0.25, 0.3) is 0 Å². The fourth-order valence-electron chi connectivity index (χ4n) is 2.20. The molecule has 2 aromatic rings. The summed E-state index contributed by atoms with van der Waals surface area (Å²) in [4.78, 5) is 12.4. The van der Waals surface area contributed by atoms with Gasteiger partial charge in [0.05, 0.1) is 15.5 Å². The van der Waals surface area contributed by atoms with Gasteiger partial charge in [0.1, 0.15) is 0 Å². The summed E-state index contributed by atoms with van der Waals surface area (Å²) in [5, 5.41) is 0. The van der Waals surface area contributed by atoms with Crippen molar-refractivity contribution in [3.63, 3.8) is 0 Å².